The number of halogens is 1. The van der Waals surface area contributed by atoms with Gasteiger partial charge in [-0.2, -0.15) is 0 Å². The van der Waals surface area contributed by atoms with Crippen molar-refractivity contribution in [1.29, 1.82) is 0 Å². The van der Waals surface area contributed by atoms with E-state index in [0.29, 0.717) is 22.9 Å². The van der Waals surface area contributed by atoms with Gasteiger partial charge in [0.1, 0.15) is 18.6 Å². The Hall–Kier alpha value is -1.39. The monoisotopic (exact) mass is 253 g/mol. The molecule has 3 nitrogen and oxygen atoms in total. The highest BCUT2D eigenvalue weighted by Gasteiger charge is 2.03. The van der Waals surface area contributed by atoms with Gasteiger partial charge in [-0.05, 0) is 18.2 Å². The van der Waals surface area contributed by atoms with Crippen LogP contribution >= 0.6 is 22.9 Å². The number of thiazole rings is 1. The summed E-state index contributed by atoms with van der Waals surface area (Å²) >= 11 is 7.47. The second-order valence-electron chi connectivity index (χ2n) is 3.06. The first kappa shape index (κ1) is 11.1. The van der Waals surface area contributed by atoms with E-state index in [1.165, 1.54) is 11.3 Å². The van der Waals surface area contributed by atoms with Crippen LogP contribution in [-0.4, -0.2) is 11.3 Å². The molecule has 0 radical (unpaired) electrons. The zero-order valence-corrected chi connectivity index (χ0v) is 9.79. The number of hydrogen-bond donors (Lipinski definition) is 0. The number of aldehydes is 1. The highest BCUT2D eigenvalue weighted by molar-refractivity contribution is 7.09. The molecular formula is C11H8ClNO2S. The molecule has 0 atom stereocenters. The molecule has 0 aliphatic carbocycles. The number of aromatic nitrogens is 1. The van der Waals surface area contributed by atoms with Crippen LogP contribution in [0.2, 0.25) is 5.02 Å². The maximum absolute atomic E-state index is 10.5. The number of rotatable bonds is 4. The molecule has 0 fully saturated rings. The molecule has 1 aromatic heterocycles. The molecule has 0 aliphatic rings. The van der Waals surface area contributed by atoms with Gasteiger partial charge in [0.25, 0.3) is 0 Å². The van der Waals surface area contributed by atoms with Crippen LogP contribution in [0.4, 0.5) is 0 Å². The van der Waals surface area contributed by atoms with Crippen LogP contribution in [0.3, 0.4) is 0 Å². The third kappa shape index (κ3) is 2.59. The van der Waals surface area contributed by atoms with Crippen molar-refractivity contribution in [1.82, 2.24) is 4.98 Å². The number of hydrogen-bond acceptors (Lipinski definition) is 4. The zero-order chi connectivity index (χ0) is 11.4. The average Bonchev–Trinajstić information content (AvgIpc) is 2.80. The first-order valence-electron chi connectivity index (χ1n) is 4.54. The van der Waals surface area contributed by atoms with E-state index in [-0.39, 0.29) is 0 Å². The van der Waals surface area contributed by atoms with Crippen LogP contribution in [0.5, 0.6) is 5.75 Å². The van der Waals surface area contributed by atoms with Crippen LogP contribution in [0.15, 0.2) is 29.9 Å². The van der Waals surface area contributed by atoms with Gasteiger partial charge in [0.05, 0.1) is 15.4 Å². The molecule has 0 spiro atoms. The maximum atomic E-state index is 10.5. The van der Waals surface area contributed by atoms with Crippen LogP contribution in [-0.2, 0) is 6.61 Å². The molecular weight excluding hydrogens is 246 g/mol. The summed E-state index contributed by atoms with van der Waals surface area (Å²) in [5.74, 6) is 0.570. The van der Waals surface area contributed by atoms with Gasteiger partial charge in [-0.1, -0.05) is 11.6 Å². The van der Waals surface area contributed by atoms with Gasteiger partial charge < -0.3 is 4.74 Å². The fraction of sp³-hybridized carbons (Fsp3) is 0.0909. The summed E-state index contributed by atoms with van der Waals surface area (Å²) in [5.41, 5.74) is 2.28. The minimum atomic E-state index is 0.435. The molecule has 0 unspecified atom stereocenters. The van der Waals surface area contributed by atoms with E-state index in [9.17, 15) is 4.79 Å². The molecule has 1 heterocycles. The van der Waals surface area contributed by atoms with E-state index in [1.807, 2.05) is 0 Å². The van der Waals surface area contributed by atoms with Crippen molar-refractivity contribution in [2.75, 3.05) is 0 Å². The van der Waals surface area contributed by atoms with Crippen LogP contribution < -0.4 is 4.74 Å². The van der Waals surface area contributed by atoms with Gasteiger partial charge in [0, 0.05) is 11.8 Å². The van der Waals surface area contributed by atoms with E-state index in [0.717, 1.165) is 11.2 Å². The highest BCUT2D eigenvalue weighted by Crippen LogP contribution is 2.26. The Labute approximate surface area is 102 Å². The lowest BCUT2D eigenvalue weighted by molar-refractivity contribution is 0.112. The summed E-state index contributed by atoms with van der Waals surface area (Å²) < 4.78 is 5.50. The standard InChI is InChI=1S/C11H8ClNO2S/c12-10-3-8(5-14)1-2-11(10)15-6-9-4-13-7-16-9/h1-5,7H,6H2. The molecule has 16 heavy (non-hydrogen) atoms. The second kappa shape index (κ2) is 5.09. The lowest BCUT2D eigenvalue weighted by Gasteiger charge is -2.06. The Morgan fingerprint density at radius 2 is 2.38 bits per heavy atom. The van der Waals surface area contributed by atoms with Crippen molar-refractivity contribution in [3.05, 3.63) is 45.4 Å². The summed E-state index contributed by atoms with van der Waals surface area (Å²) in [6, 6.07) is 4.94. The molecule has 2 aromatic rings. The van der Waals surface area contributed by atoms with Gasteiger partial charge in [-0.25, -0.2) is 0 Å². The topological polar surface area (TPSA) is 39.2 Å². The van der Waals surface area contributed by atoms with Crippen molar-refractivity contribution >= 4 is 29.2 Å². The molecule has 0 N–H and O–H groups in total. The smallest absolute Gasteiger partial charge is 0.150 e. The van der Waals surface area contributed by atoms with Crippen LogP contribution in [0.1, 0.15) is 15.2 Å². The molecule has 2 rings (SSSR count). The quantitative estimate of drug-likeness (QED) is 0.786. The van der Waals surface area contributed by atoms with Crippen LogP contribution in [0.25, 0.3) is 0 Å². The molecule has 0 aliphatic heterocycles. The Morgan fingerprint density at radius 1 is 1.50 bits per heavy atom. The second-order valence-corrected chi connectivity index (χ2v) is 4.44. The van der Waals surface area contributed by atoms with Crippen molar-refractivity contribution in [3.63, 3.8) is 0 Å². The minimum absolute atomic E-state index is 0.435. The largest absolute Gasteiger partial charge is 0.486 e. The number of carbonyl (C=O) groups excluding carboxylic acids is 1. The third-order valence-corrected chi connectivity index (χ3v) is 2.99. The Kier molecular flexibility index (Phi) is 3.54. The van der Waals surface area contributed by atoms with E-state index < -0.39 is 0 Å². The maximum Gasteiger partial charge on any atom is 0.150 e. The summed E-state index contributed by atoms with van der Waals surface area (Å²) in [4.78, 5) is 15.5. The van der Waals surface area contributed by atoms with Crippen molar-refractivity contribution in [3.8, 4) is 5.75 Å². The molecule has 0 saturated carbocycles. The molecule has 0 amide bonds. The summed E-state index contributed by atoms with van der Waals surface area (Å²) in [6.45, 7) is 0.435. The molecule has 82 valence electrons. The normalized spacial score (nSPS) is 10.1. The van der Waals surface area contributed by atoms with Crippen molar-refractivity contribution in [2.24, 2.45) is 0 Å². The van der Waals surface area contributed by atoms with Gasteiger partial charge in [-0.3, -0.25) is 9.78 Å². The SMILES string of the molecule is O=Cc1ccc(OCc2cncs2)c(Cl)c1. The Bertz CT molecular complexity index is 485. The van der Waals surface area contributed by atoms with E-state index in [2.05, 4.69) is 4.98 Å². The lowest BCUT2D eigenvalue weighted by atomic mass is 10.2. The van der Waals surface area contributed by atoms with Crippen LogP contribution in [0, 0.1) is 0 Å². The Balaban J connectivity index is 2.07. The molecule has 0 saturated heterocycles. The predicted molar refractivity (Wildman–Crippen MR) is 63.3 cm³/mol. The Morgan fingerprint density at radius 3 is 3.00 bits per heavy atom. The summed E-state index contributed by atoms with van der Waals surface area (Å²) in [5, 5.41) is 0.439. The molecule has 5 heteroatoms. The first-order chi connectivity index (χ1) is 7.79. The first-order valence-corrected chi connectivity index (χ1v) is 5.80. The predicted octanol–water partition coefficient (Wildman–Crippen LogP) is 3.19. The van der Waals surface area contributed by atoms with Gasteiger partial charge in [0.15, 0.2) is 0 Å². The van der Waals surface area contributed by atoms with E-state index in [1.54, 1.807) is 29.9 Å². The highest BCUT2D eigenvalue weighted by atomic mass is 35.5. The number of carbonyl (C=O) groups is 1. The number of nitrogens with zero attached hydrogens (tertiary/aromatic N) is 1. The fourth-order valence-corrected chi connectivity index (χ4v) is 1.92. The van der Waals surface area contributed by atoms with Crippen molar-refractivity contribution in [2.45, 2.75) is 6.61 Å². The summed E-state index contributed by atoms with van der Waals surface area (Å²) in [6.07, 6.45) is 2.50. The number of benzene rings is 1. The molecule has 1 aromatic carbocycles. The van der Waals surface area contributed by atoms with Crippen molar-refractivity contribution < 1.29 is 9.53 Å². The zero-order valence-electron chi connectivity index (χ0n) is 8.22. The average molecular weight is 254 g/mol. The van der Waals surface area contributed by atoms with E-state index in [4.69, 9.17) is 16.3 Å². The number of ether oxygens (including phenoxy) is 1. The molecule has 0 bridgehead atoms. The minimum Gasteiger partial charge on any atom is -0.486 e. The third-order valence-electron chi connectivity index (χ3n) is 1.95. The van der Waals surface area contributed by atoms with Gasteiger partial charge >= 0.3 is 0 Å². The van der Waals surface area contributed by atoms with Gasteiger partial charge in [0.2, 0.25) is 0 Å². The van der Waals surface area contributed by atoms with Gasteiger partial charge in [-0.15, -0.1) is 11.3 Å². The van der Waals surface area contributed by atoms with E-state index >= 15 is 0 Å². The fourth-order valence-electron chi connectivity index (χ4n) is 1.17. The lowest BCUT2D eigenvalue weighted by Crippen LogP contribution is -1.94. The summed E-state index contributed by atoms with van der Waals surface area (Å²) in [7, 11) is 0.